The van der Waals surface area contributed by atoms with Crippen molar-refractivity contribution in [3.05, 3.63) is 41.3 Å². The van der Waals surface area contributed by atoms with Gasteiger partial charge in [-0.3, -0.25) is 4.68 Å². The Kier molecular flexibility index (Phi) is 3.77. The van der Waals surface area contributed by atoms with Gasteiger partial charge in [0.1, 0.15) is 5.82 Å². The molecule has 3 nitrogen and oxygen atoms in total. The molecule has 0 aliphatic rings. The minimum atomic E-state index is -0.218. The van der Waals surface area contributed by atoms with Crippen LogP contribution in [0.15, 0.2) is 24.3 Å². The summed E-state index contributed by atoms with van der Waals surface area (Å²) in [6.45, 7) is 2.93. The summed E-state index contributed by atoms with van der Waals surface area (Å²) in [5.74, 6) is -0.218. The van der Waals surface area contributed by atoms with Crippen molar-refractivity contribution in [3.8, 4) is 11.3 Å². The van der Waals surface area contributed by atoms with Gasteiger partial charge in [0.05, 0.1) is 11.4 Å². The van der Waals surface area contributed by atoms with Crippen molar-refractivity contribution in [2.45, 2.75) is 13.3 Å². The minimum Gasteiger partial charge on any atom is -0.319 e. The van der Waals surface area contributed by atoms with Crippen LogP contribution in [-0.4, -0.2) is 23.4 Å². The van der Waals surface area contributed by atoms with Gasteiger partial charge in [-0.25, -0.2) is 4.39 Å². The number of hydrogen-bond acceptors (Lipinski definition) is 2. The summed E-state index contributed by atoms with van der Waals surface area (Å²) in [5.41, 5.74) is 4.04. The van der Waals surface area contributed by atoms with Crippen LogP contribution in [0.25, 0.3) is 11.3 Å². The Labute approximate surface area is 107 Å². The second-order valence-electron chi connectivity index (χ2n) is 4.41. The molecule has 1 N–H and O–H groups in total. The summed E-state index contributed by atoms with van der Waals surface area (Å²) in [4.78, 5) is 0. The molecule has 1 aromatic carbocycles. The van der Waals surface area contributed by atoms with Crippen LogP contribution in [0, 0.1) is 12.7 Å². The van der Waals surface area contributed by atoms with E-state index < -0.39 is 0 Å². The van der Waals surface area contributed by atoms with Crippen LogP contribution < -0.4 is 5.32 Å². The number of rotatable bonds is 4. The highest BCUT2D eigenvalue weighted by Gasteiger charge is 2.13. The lowest BCUT2D eigenvalue weighted by molar-refractivity contribution is 0.628. The quantitative estimate of drug-likeness (QED) is 0.898. The first kappa shape index (κ1) is 12.8. The zero-order valence-electron chi connectivity index (χ0n) is 11.0. The first-order chi connectivity index (χ1) is 8.63. The van der Waals surface area contributed by atoms with Gasteiger partial charge in [-0.05, 0) is 31.7 Å². The predicted molar refractivity (Wildman–Crippen MR) is 71.0 cm³/mol. The van der Waals surface area contributed by atoms with E-state index in [4.69, 9.17) is 0 Å². The third-order valence-electron chi connectivity index (χ3n) is 3.09. The maximum Gasteiger partial charge on any atom is 0.123 e. The van der Waals surface area contributed by atoms with Gasteiger partial charge >= 0.3 is 0 Å². The SMILES string of the molecule is CNCCc1nn(C)c(-c2cccc(F)c2)c1C. The molecule has 0 fully saturated rings. The van der Waals surface area contributed by atoms with Crippen molar-refractivity contribution >= 4 is 0 Å². The van der Waals surface area contributed by atoms with E-state index in [-0.39, 0.29) is 5.82 Å². The molecule has 1 aromatic heterocycles. The fourth-order valence-corrected chi connectivity index (χ4v) is 2.21. The zero-order valence-corrected chi connectivity index (χ0v) is 11.0. The van der Waals surface area contributed by atoms with Gasteiger partial charge in [0.2, 0.25) is 0 Å². The number of nitrogens with zero attached hydrogens (tertiary/aromatic N) is 2. The average molecular weight is 247 g/mol. The topological polar surface area (TPSA) is 29.9 Å². The average Bonchev–Trinajstić information content (AvgIpc) is 2.62. The number of likely N-dealkylation sites (N-methyl/N-ethyl adjacent to an activating group) is 1. The monoisotopic (exact) mass is 247 g/mol. The molecule has 2 aromatic rings. The minimum absolute atomic E-state index is 0.218. The summed E-state index contributed by atoms with van der Waals surface area (Å²) in [6, 6.07) is 6.64. The smallest absolute Gasteiger partial charge is 0.123 e. The van der Waals surface area contributed by atoms with Gasteiger partial charge in [-0.1, -0.05) is 12.1 Å². The van der Waals surface area contributed by atoms with E-state index in [1.54, 1.807) is 12.1 Å². The van der Waals surface area contributed by atoms with Gasteiger partial charge < -0.3 is 5.32 Å². The van der Waals surface area contributed by atoms with E-state index in [1.807, 2.05) is 31.8 Å². The van der Waals surface area contributed by atoms with Gasteiger partial charge in [0.25, 0.3) is 0 Å². The molecule has 0 spiro atoms. The van der Waals surface area contributed by atoms with Gasteiger partial charge in [-0.2, -0.15) is 5.10 Å². The molecular weight excluding hydrogens is 229 g/mol. The fourth-order valence-electron chi connectivity index (χ4n) is 2.21. The van der Waals surface area contributed by atoms with Crippen molar-refractivity contribution < 1.29 is 4.39 Å². The van der Waals surface area contributed by atoms with E-state index in [0.717, 1.165) is 35.5 Å². The molecule has 96 valence electrons. The van der Waals surface area contributed by atoms with Crippen LogP contribution in [0.5, 0.6) is 0 Å². The second kappa shape index (κ2) is 5.31. The fraction of sp³-hybridized carbons (Fsp3) is 0.357. The Balaban J connectivity index is 2.42. The van der Waals surface area contributed by atoms with Crippen molar-refractivity contribution in [2.75, 3.05) is 13.6 Å². The van der Waals surface area contributed by atoms with Crippen LogP contribution in [0.4, 0.5) is 4.39 Å². The molecule has 2 rings (SSSR count). The first-order valence-electron chi connectivity index (χ1n) is 6.06. The van der Waals surface area contributed by atoms with Crippen molar-refractivity contribution in [1.82, 2.24) is 15.1 Å². The predicted octanol–water partition coefficient (Wildman–Crippen LogP) is 2.30. The second-order valence-corrected chi connectivity index (χ2v) is 4.41. The Morgan fingerprint density at radius 2 is 2.17 bits per heavy atom. The summed E-state index contributed by atoms with van der Waals surface area (Å²) < 4.78 is 15.1. The van der Waals surface area contributed by atoms with E-state index in [0.29, 0.717) is 0 Å². The van der Waals surface area contributed by atoms with Crippen LogP contribution in [0.2, 0.25) is 0 Å². The number of hydrogen-bond donors (Lipinski definition) is 1. The molecule has 4 heteroatoms. The van der Waals surface area contributed by atoms with Gasteiger partial charge in [0, 0.05) is 25.6 Å². The zero-order chi connectivity index (χ0) is 13.1. The van der Waals surface area contributed by atoms with Crippen molar-refractivity contribution in [3.63, 3.8) is 0 Å². The maximum atomic E-state index is 13.3. The van der Waals surface area contributed by atoms with Gasteiger partial charge in [-0.15, -0.1) is 0 Å². The number of aromatic nitrogens is 2. The molecule has 0 amide bonds. The summed E-state index contributed by atoms with van der Waals surface area (Å²) in [7, 11) is 3.82. The summed E-state index contributed by atoms with van der Waals surface area (Å²) >= 11 is 0. The van der Waals surface area contributed by atoms with E-state index >= 15 is 0 Å². The molecule has 0 radical (unpaired) electrons. The number of benzene rings is 1. The summed E-state index contributed by atoms with van der Waals surface area (Å²) in [6.07, 6.45) is 0.880. The molecule has 0 unspecified atom stereocenters. The van der Waals surface area contributed by atoms with E-state index in [9.17, 15) is 4.39 Å². The molecule has 0 atom stereocenters. The van der Waals surface area contributed by atoms with Crippen LogP contribution in [-0.2, 0) is 13.5 Å². The molecular formula is C14H18FN3. The Hall–Kier alpha value is -1.68. The molecule has 0 saturated heterocycles. The number of nitrogens with one attached hydrogen (secondary N) is 1. The maximum absolute atomic E-state index is 13.3. The molecule has 18 heavy (non-hydrogen) atoms. The number of halogens is 1. The van der Waals surface area contributed by atoms with Gasteiger partial charge in [0.15, 0.2) is 0 Å². The van der Waals surface area contributed by atoms with Crippen LogP contribution in [0.3, 0.4) is 0 Å². The molecule has 0 saturated carbocycles. The normalized spacial score (nSPS) is 10.9. The van der Waals surface area contributed by atoms with Crippen LogP contribution in [0.1, 0.15) is 11.3 Å². The Morgan fingerprint density at radius 1 is 1.39 bits per heavy atom. The molecule has 0 aliphatic heterocycles. The third-order valence-corrected chi connectivity index (χ3v) is 3.09. The van der Waals surface area contributed by atoms with E-state index in [1.165, 1.54) is 6.07 Å². The summed E-state index contributed by atoms with van der Waals surface area (Å²) in [5, 5.41) is 7.62. The molecule has 0 bridgehead atoms. The van der Waals surface area contributed by atoms with Crippen molar-refractivity contribution in [1.29, 1.82) is 0 Å². The highest BCUT2D eigenvalue weighted by Crippen LogP contribution is 2.25. The highest BCUT2D eigenvalue weighted by atomic mass is 19.1. The lowest BCUT2D eigenvalue weighted by Gasteiger charge is -2.04. The third kappa shape index (κ3) is 2.43. The molecule has 0 aliphatic carbocycles. The first-order valence-corrected chi connectivity index (χ1v) is 6.06. The largest absolute Gasteiger partial charge is 0.319 e. The standard InChI is InChI=1S/C14H18FN3/c1-10-13(7-8-16-2)17-18(3)14(10)11-5-4-6-12(15)9-11/h4-6,9,16H,7-8H2,1-3H3. The lowest BCUT2D eigenvalue weighted by atomic mass is 10.1. The van der Waals surface area contributed by atoms with E-state index in [2.05, 4.69) is 10.4 Å². The molecule has 1 heterocycles. The number of aryl methyl sites for hydroxylation is 1. The van der Waals surface area contributed by atoms with Crippen molar-refractivity contribution in [2.24, 2.45) is 7.05 Å². The lowest BCUT2D eigenvalue weighted by Crippen LogP contribution is -2.11. The van der Waals surface area contributed by atoms with Crippen LogP contribution >= 0.6 is 0 Å². The Bertz CT molecular complexity index is 546. The highest BCUT2D eigenvalue weighted by molar-refractivity contribution is 5.64. The Morgan fingerprint density at radius 3 is 2.83 bits per heavy atom.